The fourth-order valence-electron chi connectivity index (χ4n) is 3.93. The van der Waals surface area contributed by atoms with Gasteiger partial charge in [-0.05, 0) is 43.7 Å². The average molecular weight is 403 g/mol. The van der Waals surface area contributed by atoms with Crippen LogP contribution in [0, 0.1) is 6.92 Å². The summed E-state index contributed by atoms with van der Waals surface area (Å²) in [6.07, 6.45) is 8.53. The molecule has 1 fully saturated rings. The van der Waals surface area contributed by atoms with Crippen molar-refractivity contribution < 1.29 is 4.79 Å². The first-order valence-electron chi connectivity index (χ1n) is 10.3. The van der Waals surface area contributed by atoms with Gasteiger partial charge in [0.2, 0.25) is 0 Å². The van der Waals surface area contributed by atoms with Crippen LogP contribution in [0.25, 0.3) is 16.5 Å². The van der Waals surface area contributed by atoms with Gasteiger partial charge in [-0.25, -0.2) is 4.98 Å². The molecule has 1 saturated heterocycles. The van der Waals surface area contributed by atoms with Crippen LogP contribution in [0.1, 0.15) is 46.7 Å². The van der Waals surface area contributed by atoms with Gasteiger partial charge in [-0.2, -0.15) is 0 Å². The summed E-state index contributed by atoms with van der Waals surface area (Å²) in [4.78, 5) is 21.2. The predicted molar refractivity (Wildman–Crippen MR) is 121 cm³/mol. The first-order valence-corrected chi connectivity index (χ1v) is 11.1. The topological polar surface area (TPSA) is 33.2 Å². The molecule has 1 aliphatic heterocycles. The summed E-state index contributed by atoms with van der Waals surface area (Å²) in [5.74, 6) is 0.0750. The first kappa shape index (κ1) is 19.6. The highest BCUT2D eigenvalue weighted by atomic mass is 32.1. The molecule has 0 aliphatic carbocycles. The standard InChI is InChI=1S/C25H26N2OS/c1-19-26-23(24(29-19)21-14-6-3-7-15-21)25(28)27-18-9-8-16-22(27)17-10-13-20-11-4-2-5-12-20/h2-7,10-15,22H,8-9,16-18H2,1H3/b13-10-. The molecule has 0 saturated carbocycles. The van der Waals surface area contributed by atoms with E-state index in [2.05, 4.69) is 46.3 Å². The zero-order valence-electron chi connectivity index (χ0n) is 16.8. The van der Waals surface area contributed by atoms with E-state index in [0.29, 0.717) is 5.69 Å². The van der Waals surface area contributed by atoms with Crippen LogP contribution in [0.2, 0.25) is 0 Å². The number of carbonyl (C=O) groups is 1. The summed E-state index contributed by atoms with van der Waals surface area (Å²) in [7, 11) is 0. The summed E-state index contributed by atoms with van der Waals surface area (Å²) in [6, 6.07) is 20.7. The van der Waals surface area contributed by atoms with Crippen LogP contribution in [0.3, 0.4) is 0 Å². The Morgan fingerprint density at radius 1 is 1.10 bits per heavy atom. The number of aromatic nitrogens is 1. The Bertz CT molecular complexity index is 979. The van der Waals surface area contributed by atoms with Crippen molar-refractivity contribution >= 4 is 23.3 Å². The molecule has 0 spiro atoms. The van der Waals surface area contributed by atoms with Crippen LogP contribution in [0.4, 0.5) is 0 Å². The van der Waals surface area contributed by atoms with Gasteiger partial charge in [0.15, 0.2) is 0 Å². The minimum Gasteiger partial charge on any atom is -0.334 e. The molecule has 0 radical (unpaired) electrons. The second-order valence-corrected chi connectivity index (χ2v) is 8.68. The van der Waals surface area contributed by atoms with Crippen LogP contribution < -0.4 is 0 Å². The lowest BCUT2D eigenvalue weighted by molar-refractivity contribution is 0.0612. The summed E-state index contributed by atoms with van der Waals surface area (Å²) >= 11 is 1.60. The molecule has 148 valence electrons. The van der Waals surface area contributed by atoms with E-state index >= 15 is 0 Å². The van der Waals surface area contributed by atoms with E-state index in [1.54, 1.807) is 11.3 Å². The Labute approximate surface area is 176 Å². The smallest absolute Gasteiger partial charge is 0.274 e. The minimum absolute atomic E-state index is 0.0750. The number of benzene rings is 2. The van der Waals surface area contributed by atoms with Gasteiger partial charge in [0.25, 0.3) is 5.91 Å². The van der Waals surface area contributed by atoms with Crippen molar-refractivity contribution in [3.8, 4) is 10.4 Å². The summed E-state index contributed by atoms with van der Waals surface area (Å²) in [5.41, 5.74) is 2.87. The van der Waals surface area contributed by atoms with E-state index in [1.165, 1.54) is 12.0 Å². The average Bonchev–Trinajstić information content (AvgIpc) is 3.17. The predicted octanol–water partition coefficient (Wildman–Crippen LogP) is 6.22. The first-order chi connectivity index (χ1) is 14.2. The number of carbonyl (C=O) groups excluding carboxylic acids is 1. The van der Waals surface area contributed by atoms with Crippen molar-refractivity contribution in [2.75, 3.05) is 6.54 Å². The van der Waals surface area contributed by atoms with Gasteiger partial charge < -0.3 is 4.90 Å². The molecule has 29 heavy (non-hydrogen) atoms. The van der Waals surface area contributed by atoms with Crippen molar-refractivity contribution in [3.63, 3.8) is 0 Å². The number of piperidine rings is 1. The number of nitrogens with zero attached hydrogens (tertiary/aromatic N) is 2. The Morgan fingerprint density at radius 3 is 2.59 bits per heavy atom. The molecule has 1 amide bonds. The van der Waals surface area contributed by atoms with Crippen LogP contribution in [-0.4, -0.2) is 28.4 Å². The second kappa shape index (κ2) is 9.19. The van der Waals surface area contributed by atoms with E-state index < -0.39 is 0 Å². The van der Waals surface area contributed by atoms with Crippen LogP contribution >= 0.6 is 11.3 Å². The molecule has 4 rings (SSSR count). The Kier molecular flexibility index (Phi) is 6.20. The molecule has 0 bridgehead atoms. The van der Waals surface area contributed by atoms with Gasteiger partial charge in [-0.1, -0.05) is 72.8 Å². The van der Waals surface area contributed by atoms with Crippen LogP contribution in [0.15, 0.2) is 66.7 Å². The van der Waals surface area contributed by atoms with Crippen LogP contribution in [-0.2, 0) is 0 Å². The molecule has 2 heterocycles. The molecular weight excluding hydrogens is 376 g/mol. The van der Waals surface area contributed by atoms with Crippen molar-refractivity contribution in [1.82, 2.24) is 9.88 Å². The molecule has 4 heteroatoms. The molecule has 1 aliphatic rings. The molecule has 3 aromatic rings. The third kappa shape index (κ3) is 4.65. The van der Waals surface area contributed by atoms with Crippen molar-refractivity contribution in [2.45, 2.75) is 38.6 Å². The lowest BCUT2D eigenvalue weighted by Crippen LogP contribution is -2.43. The number of aryl methyl sites for hydroxylation is 1. The summed E-state index contributed by atoms with van der Waals surface area (Å²) < 4.78 is 0. The number of likely N-dealkylation sites (tertiary alicyclic amines) is 1. The Balaban J connectivity index is 1.54. The van der Waals surface area contributed by atoms with Gasteiger partial charge in [-0.3, -0.25) is 4.79 Å². The number of rotatable bonds is 5. The number of hydrogen-bond acceptors (Lipinski definition) is 3. The Hall–Kier alpha value is -2.72. The minimum atomic E-state index is 0.0750. The molecule has 3 nitrogen and oxygen atoms in total. The molecule has 0 N–H and O–H groups in total. The maximum absolute atomic E-state index is 13.5. The monoisotopic (exact) mass is 402 g/mol. The van der Waals surface area contributed by atoms with E-state index in [-0.39, 0.29) is 11.9 Å². The van der Waals surface area contributed by atoms with E-state index in [0.717, 1.165) is 41.3 Å². The highest BCUT2D eigenvalue weighted by Gasteiger charge is 2.30. The summed E-state index contributed by atoms with van der Waals surface area (Å²) in [5, 5.41) is 0.935. The molecule has 1 unspecified atom stereocenters. The third-order valence-corrected chi connectivity index (χ3v) is 6.40. The zero-order valence-corrected chi connectivity index (χ0v) is 17.6. The molecule has 1 atom stereocenters. The zero-order chi connectivity index (χ0) is 20.1. The number of thiazole rings is 1. The molecule has 2 aromatic carbocycles. The third-order valence-electron chi connectivity index (χ3n) is 5.38. The van der Waals surface area contributed by atoms with Crippen molar-refractivity contribution in [3.05, 3.63) is 83.0 Å². The molecule has 1 aromatic heterocycles. The fraction of sp³-hybridized carbons (Fsp3) is 0.280. The van der Waals surface area contributed by atoms with Gasteiger partial charge in [0.1, 0.15) is 5.69 Å². The number of amides is 1. The Morgan fingerprint density at radius 2 is 1.83 bits per heavy atom. The van der Waals surface area contributed by atoms with Crippen LogP contribution in [0.5, 0.6) is 0 Å². The quantitative estimate of drug-likeness (QED) is 0.508. The maximum Gasteiger partial charge on any atom is 0.274 e. The maximum atomic E-state index is 13.5. The highest BCUT2D eigenvalue weighted by molar-refractivity contribution is 7.15. The molecular formula is C25H26N2OS. The second-order valence-electron chi connectivity index (χ2n) is 7.47. The van der Waals surface area contributed by atoms with Crippen molar-refractivity contribution in [2.24, 2.45) is 0 Å². The van der Waals surface area contributed by atoms with Crippen molar-refractivity contribution in [1.29, 1.82) is 0 Å². The SMILES string of the molecule is Cc1nc(C(=O)N2CCCCC2C/C=C\c2ccccc2)c(-c2ccccc2)s1. The lowest BCUT2D eigenvalue weighted by atomic mass is 9.98. The normalized spacial score (nSPS) is 17.0. The highest BCUT2D eigenvalue weighted by Crippen LogP contribution is 2.32. The largest absolute Gasteiger partial charge is 0.334 e. The van der Waals surface area contributed by atoms with Gasteiger partial charge in [0.05, 0.1) is 9.88 Å². The fourth-order valence-corrected chi connectivity index (χ4v) is 4.85. The van der Waals surface area contributed by atoms with Gasteiger partial charge in [-0.15, -0.1) is 11.3 Å². The van der Waals surface area contributed by atoms with E-state index in [4.69, 9.17) is 0 Å². The van der Waals surface area contributed by atoms with Gasteiger partial charge in [0, 0.05) is 12.6 Å². The summed E-state index contributed by atoms with van der Waals surface area (Å²) in [6.45, 7) is 2.79. The van der Waals surface area contributed by atoms with E-state index in [9.17, 15) is 4.79 Å². The van der Waals surface area contributed by atoms with E-state index in [1.807, 2.05) is 43.3 Å². The number of hydrogen-bond donors (Lipinski definition) is 0. The van der Waals surface area contributed by atoms with Gasteiger partial charge >= 0.3 is 0 Å². The lowest BCUT2D eigenvalue weighted by Gasteiger charge is -2.35.